The first kappa shape index (κ1) is 56.6. The van der Waals surface area contributed by atoms with E-state index in [0.29, 0.717) is 52.9 Å². The zero-order valence-corrected chi connectivity index (χ0v) is 41.8. The maximum atomic E-state index is 12.6. The van der Waals surface area contributed by atoms with E-state index in [4.69, 9.17) is 52.1 Å². The van der Waals surface area contributed by atoms with Crippen LogP contribution in [0.4, 0.5) is 4.79 Å². The molecule has 5 unspecified atom stereocenters. The lowest BCUT2D eigenvalue weighted by atomic mass is 10.2. The van der Waals surface area contributed by atoms with Gasteiger partial charge in [0.05, 0.1) is 105 Å². The summed E-state index contributed by atoms with van der Waals surface area (Å²) >= 11 is 0. The summed E-state index contributed by atoms with van der Waals surface area (Å²) in [6.45, 7) is 13.9. The Morgan fingerprint density at radius 1 is 0.423 bits per heavy atom. The van der Waals surface area contributed by atoms with E-state index < -0.39 is 36.1 Å². The van der Waals surface area contributed by atoms with Crippen molar-refractivity contribution in [3.05, 3.63) is 192 Å². The van der Waals surface area contributed by atoms with Gasteiger partial charge in [0.25, 0.3) is 0 Å². The highest BCUT2D eigenvalue weighted by molar-refractivity contribution is 5.67. The lowest BCUT2D eigenvalue weighted by Gasteiger charge is -2.25. The molecule has 5 aromatic rings. The molecule has 5 rings (SSSR count). The predicted octanol–water partition coefficient (Wildman–Crippen LogP) is 9.71. The van der Waals surface area contributed by atoms with Gasteiger partial charge >= 0.3 is 6.09 Å². The van der Waals surface area contributed by atoms with E-state index in [2.05, 4.69) is 11.9 Å². The number of alkyl carbamates (subject to hydrolysis) is 1. The molecule has 0 fully saturated rings. The molecule has 5 aromatic carbocycles. The van der Waals surface area contributed by atoms with E-state index in [9.17, 15) is 4.79 Å². The van der Waals surface area contributed by atoms with Crippen molar-refractivity contribution in [2.45, 2.75) is 89.9 Å². The van der Waals surface area contributed by atoms with Crippen LogP contribution in [0.2, 0.25) is 0 Å². The largest absolute Gasteiger partial charge is 0.444 e. The summed E-state index contributed by atoms with van der Waals surface area (Å²) in [5.74, 6) is 0. The Bertz CT molecular complexity index is 2090. The molecule has 0 spiro atoms. The SMILES string of the molecule is C=CCOCC(COCC(COCC(COCC(COCC(CNC(=O)OC(C)(C)C)OCc1ccccc1)OCc1ccccc1)OCc1ccccc1)OCc1ccccc1)OCc1ccccc1. The molecule has 5 atom stereocenters. The van der Waals surface area contributed by atoms with Gasteiger partial charge in [0.1, 0.15) is 30.0 Å². The highest BCUT2D eigenvalue weighted by atomic mass is 16.6. The van der Waals surface area contributed by atoms with Gasteiger partial charge < -0.3 is 57.4 Å². The normalized spacial score (nSPS) is 13.7. The number of rotatable bonds is 37. The van der Waals surface area contributed by atoms with Crippen LogP contribution in [-0.4, -0.2) is 115 Å². The van der Waals surface area contributed by atoms with E-state index >= 15 is 0 Å². The number of hydrogen-bond acceptors (Lipinski definition) is 12. The lowest BCUT2D eigenvalue weighted by Crippen LogP contribution is -2.40. The van der Waals surface area contributed by atoms with Crippen molar-refractivity contribution in [1.29, 1.82) is 0 Å². The highest BCUT2D eigenvalue weighted by Gasteiger charge is 2.21. The zero-order chi connectivity index (χ0) is 50.0. The number of ether oxygens (including phenoxy) is 11. The van der Waals surface area contributed by atoms with E-state index in [1.807, 2.05) is 172 Å². The Labute approximate surface area is 421 Å². The van der Waals surface area contributed by atoms with Crippen LogP contribution in [0.15, 0.2) is 164 Å². The molecule has 0 saturated carbocycles. The number of benzene rings is 5. The third-order valence-corrected chi connectivity index (χ3v) is 10.5. The van der Waals surface area contributed by atoms with Crippen molar-refractivity contribution < 1.29 is 56.9 Å². The summed E-state index contributed by atoms with van der Waals surface area (Å²) in [5, 5.41) is 2.83. The minimum atomic E-state index is -0.638. The predicted molar refractivity (Wildman–Crippen MR) is 274 cm³/mol. The van der Waals surface area contributed by atoms with Gasteiger partial charge in [0.15, 0.2) is 0 Å². The van der Waals surface area contributed by atoms with Crippen molar-refractivity contribution in [2.75, 3.05) is 72.6 Å². The summed E-state index contributed by atoms with van der Waals surface area (Å²) < 4.78 is 68.1. The molecule has 0 saturated heterocycles. The van der Waals surface area contributed by atoms with Crippen molar-refractivity contribution in [3.8, 4) is 0 Å². The van der Waals surface area contributed by atoms with E-state index in [1.165, 1.54) is 0 Å². The maximum Gasteiger partial charge on any atom is 0.407 e. The van der Waals surface area contributed by atoms with Crippen molar-refractivity contribution in [3.63, 3.8) is 0 Å². The Hall–Kier alpha value is -5.29. The van der Waals surface area contributed by atoms with E-state index in [1.54, 1.807) is 6.08 Å². The van der Waals surface area contributed by atoms with Gasteiger partial charge in [-0.05, 0) is 48.6 Å². The van der Waals surface area contributed by atoms with E-state index in [-0.39, 0.29) is 58.9 Å². The fourth-order valence-electron chi connectivity index (χ4n) is 6.80. The Morgan fingerprint density at radius 3 is 0.944 bits per heavy atom. The smallest absolute Gasteiger partial charge is 0.407 e. The summed E-state index contributed by atoms with van der Waals surface area (Å²) in [6.07, 6.45) is -0.874. The molecule has 71 heavy (non-hydrogen) atoms. The van der Waals surface area contributed by atoms with Crippen molar-refractivity contribution >= 4 is 6.09 Å². The maximum absolute atomic E-state index is 12.6. The van der Waals surface area contributed by atoms with Gasteiger partial charge in [0, 0.05) is 6.54 Å². The first-order valence-electron chi connectivity index (χ1n) is 24.4. The first-order valence-corrected chi connectivity index (χ1v) is 24.4. The van der Waals surface area contributed by atoms with Crippen LogP contribution in [0.5, 0.6) is 0 Å². The molecule has 1 amide bonds. The molecule has 0 radical (unpaired) electrons. The molecular weight excluding hydrogens is 903 g/mol. The highest BCUT2D eigenvalue weighted by Crippen LogP contribution is 2.13. The second-order valence-electron chi connectivity index (χ2n) is 18.0. The topological polar surface area (TPSA) is 131 Å². The fraction of sp³-hybridized carbons (Fsp3) is 0.431. The minimum Gasteiger partial charge on any atom is -0.444 e. The number of amides is 1. The number of nitrogens with one attached hydrogen (secondary N) is 1. The number of carbonyl (C=O) groups excluding carboxylic acids is 1. The summed E-state index contributed by atoms with van der Waals surface area (Å²) in [7, 11) is 0. The zero-order valence-electron chi connectivity index (χ0n) is 41.8. The Balaban J connectivity index is 1.19. The minimum absolute atomic E-state index is 0.187. The first-order chi connectivity index (χ1) is 34.7. The van der Waals surface area contributed by atoms with Crippen LogP contribution in [-0.2, 0) is 85.1 Å². The summed E-state index contributed by atoms with van der Waals surface area (Å²) in [6, 6.07) is 49.8. The Kier molecular flexibility index (Phi) is 27.2. The van der Waals surface area contributed by atoms with Crippen LogP contribution in [0.25, 0.3) is 0 Å². The molecule has 13 nitrogen and oxygen atoms in total. The third kappa shape index (κ3) is 26.1. The van der Waals surface area contributed by atoms with Gasteiger partial charge in [-0.25, -0.2) is 4.79 Å². The number of hydrogen-bond donors (Lipinski definition) is 1. The molecule has 0 aliphatic carbocycles. The molecular formula is C58H75NO12. The molecule has 0 aromatic heterocycles. The molecule has 384 valence electrons. The molecule has 13 heteroatoms. The fourth-order valence-corrected chi connectivity index (χ4v) is 6.80. The van der Waals surface area contributed by atoms with Gasteiger partial charge in [-0.2, -0.15) is 0 Å². The van der Waals surface area contributed by atoms with Crippen molar-refractivity contribution in [1.82, 2.24) is 5.32 Å². The van der Waals surface area contributed by atoms with Crippen LogP contribution in [0.1, 0.15) is 48.6 Å². The van der Waals surface area contributed by atoms with Gasteiger partial charge in [-0.15, -0.1) is 6.58 Å². The molecule has 0 heterocycles. The van der Waals surface area contributed by atoms with Crippen LogP contribution in [0, 0.1) is 0 Å². The van der Waals surface area contributed by atoms with E-state index in [0.717, 1.165) is 27.8 Å². The van der Waals surface area contributed by atoms with Crippen LogP contribution in [0.3, 0.4) is 0 Å². The quantitative estimate of drug-likeness (QED) is 0.0301. The van der Waals surface area contributed by atoms with Crippen molar-refractivity contribution in [2.24, 2.45) is 0 Å². The summed E-state index contributed by atoms with van der Waals surface area (Å²) in [5.41, 5.74) is 4.51. The molecule has 0 aliphatic rings. The van der Waals surface area contributed by atoms with Gasteiger partial charge in [0.2, 0.25) is 0 Å². The van der Waals surface area contributed by atoms with Gasteiger partial charge in [-0.1, -0.05) is 158 Å². The van der Waals surface area contributed by atoms with Gasteiger partial charge in [-0.3, -0.25) is 0 Å². The lowest BCUT2D eigenvalue weighted by molar-refractivity contribution is -0.123. The Morgan fingerprint density at radius 2 is 0.676 bits per heavy atom. The molecule has 0 bridgehead atoms. The molecule has 0 aliphatic heterocycles. The monoisotopic (exact) mass is 978 g/mol. The standard InChI is InChI=1S/C58H75NO12/c1-5-31-61-39-53(67-34-48-23-13-7-14-24-48)40-63-43-55(69-36-50-27-17-9-18-28-50)44-65-46-56(70-37-51-29-19-10-20-30-51)45-64-42-54(68-35-49-25-15-8-16-26-49)41-62-38-52(32-59-57(60)71-58(2,3)4)66-33-47-21-11-6-12-22-47/h5-30,52-56H,1,31-46H2,2-4H3,(H,59,60). The second kappa shape index (κ2) is 34.1. The molecule has 1 N–H and O–H groups in total. The van der Waals surface area contributed by atoms with Crippen LogP contribution < -0.4 is 5.32 Å². The summed E-state index contributed by atoms with van der Waals surface area (Å²) in [4.78, 5) is 12.6. The third-order valence-electron chi connectivity index (χ3n) is 10.5. The average molecular weight is 978 g/mol. The number of carbonyl (C=O) groups is 1. The average Bonchev–Trinajstić information content (AvgIpc) is 3.39. The van der Waals surface area contributed by atoms with Crippen LogP contribution >= 0.6 is 0 Å². The second-order valence-corrected chi connectivity index (χ2v) is 18.0.